The van der Waals surface area contributed by atoms with Crippen LogP contribution in [0.2, 0.25) is 0 Å². The van der Waals surface area contributed by atoms with Crippen LogP contribution in [0.3, 0.4) is 0 Å². The van der Waals surface area contributed by atoms with Crippen LogP contribution in [-0.4, -0.2) is 32.8 Å². The number of hydrogen-bond acceptors (Lipinski definition) is 4. The maximum Gasteiger partial charge on any atom is 0.272 e. The van der Waals surface area contributed by atoms with E-state index in [-0.39, 0.29) is 18.0 Å². The molecular weight excluding hydrogens is 280 g/mol. The summed E-state index contributed by atoms with van der Waals surface area (Å²) in [6.07, 6.45) is 1.57. The second-order valence-electron chi connectivity index (χ2n) is 4.91. The molecule has 0 radical (unpaired) electrons. The number of benzene rings is 1. The molecule has 6 heteroatoms. The lowest BCUT2D eigenvalue weighted by atomic mass is 10.2. The molecule has 2 heterocycles. The highest BCUT2D eigenvalue weighted by molar-refractivity contribution is 5.92. The predicted molar refractivity (Wildman–Crippen MR) is 82.4 cm³/mol. The average molecular weight is 294 g/mol. The number of nitrogens with zero attached hydrogens (tertiary/aromatic N) is 3. The van der Waals surface area contributed by atoms with Gasteiger partial charge in [-0.2, -0.15) is 0 Å². The van der Waals surface area contributed by atoms with Crippen molar-refractivity contribution in [1.29, 1.82) is 0 Å². The molecule has 0 aliphatic heterocycles. The minimum atomic E-state index is -0.226. The minimum Gasteiger partial charge on any atom is -0.333 e. The van der Waals surface area contributed by atoms with Gasteiger partial charge >= 0.3 is 0 Å². The monoisotopic (exact) mass is 294 g/mol. The largest absolute Gasteiger partial charge is 0.333 e. The van der Waals surface area contributed by atoms with Crippen molar-refractivity contribution < 1.29 is 4.79 Å². The van der Waals surface area contributed by atoms with Gasteiger partial charge < -0.3 is 9.88 Å². The molecule has 0 aliphatic carbocycles. The van der Waals surface area contributed by atoms with E-state index in [2.05, 4.69) is 15.0 Å². The molecule has 0 atom stereocenters. The maximum atomic E-state index is 12.2. The molecule has 0 aliphatic rings. The van der Waals surface area contributed by atoms with E-state index in [9.17, 15) is 9.59 Å². The van der Waals surface area contributed by atoms with E-state index in [4.69, 9.17) is 0 Å². The molecule has 110 valence electrons. The van der Waals surface area contributed by atoms with Gasteiger partial charge in [0.05, 0.1) is 17.4 Å². The molecule has 0 spiro atoms. The number of carbonyl (C=O) groups excluding carboxylic acids is 1. The molecular formula is C16H14N4O2. The molecule has 22 heavy (non-hydrogen) atoms. The van der Waals surface area contributed by atoms with E-state index in [0.29, 0.717) is 22.4 Å². The highest BCUT2D eigenvalue weighted by Crippen LogP contribution is 2.08. The molecule has 6 nitrogen and oxygen atoms in total. The molecule has 0 bridgehead atoms. The normalized spacial score (nSPS) is 10.6. The summed E-state index contributed by atoms with van der Waals surface area (Å²) in [6, 6.07) is 12.2. The molecule has 0 saturated heterocycles. The highest BCUT2D eigenvalue weighted by atomic mass is 16.2. The Morgan fingerprint density at radius 2 is 1.95 bits per heavy atom. The maximum absolute atomic E-state index is 12.2. The van der Waals surface area contributed by atoms with Gasteiger partial charge in [-0.25, -0.2) is 4.98 Å². The van der Waals surface area contributed by atoms with Gasteiger partial charge in [-0.05, 0) is 24.3 Å². The number of amides is 1. The fourth-order valence-electron chi connectivity index (χ4n) is 2.19. The van der Waals surface area contributed by atoms with E-state index < -0.39 is 0 Å². The average Bonchev–Trinajstić information content (AvgIpc) is 2.55. The van der Waals surface area contributed by atoms with Crippen molar-refractivity contribution in [3.05, 3.63) is 70.5 Å². The predicted octanol–water partition coefficient (Wildman–Crippen LogP) is 1.59. The molecule has 2 aromatic heterocycles. The van der Waals surface area contributed by atoms with Crippen molar-refractivity contribution in [1.82, 2.24) is 19.9 Å². The summed E-state index contributed by atoms with van der Waals surface area (Å²) in [5.74, 6) is 0.215. The van der Waals surface area contributed by atoms with Gasteiger partial charge in [0.1, 0.15) is 11.5 Å². The summed E-state index contributed by atoms with van der Waals surface area (Å²) in [4.78, 5) is 36.8. The smallest absolute Gasteiger partial charge is 0.272 e. The summed E-state index contributed by atoms with van der Waals surface area (Å²) >= 11 is 0. The molecule has 3 aromatic rings. The number of aromatic amines is 1. The van der Waals surface area contributed by atoms with Crippen LogP contribution in [0.15, 0.2) is 53.5 Å². The van der Waals surface area contributed by atoms with Crippen molar-refractivity contribution in [2.24, 2.45) is 0 Å². The summed E-state index contributed by atoms with van der Waals surface area (Å²) in [5.41, 5.74) is 0.757. The van der Waals surface area contributed by atoms with E-state index in [0.717, 1.165) is 0 Å². The van der Waals surface area contributed by atoms with Crippen molar-refractivity contribution in [3.63, 3.8) is 0 Å². The lowest BCUT2D eigenvalue weighted by molar-refractivity contribution is 0.0776. The number of aromatic nitrogens is 3. The summed E-state index contributed by atoms with van der Waals surface area (Å²) in [6.45, 7) is 0.204. The Kier molecular flexibility index (Phi) is 3.65. The number of pyridine rings is 1. The molecule has 1 amide bonds. The Hall–Kier alpha value is -3.02. The summed E-state index contributed by atoms with van der Waals surface area (Å²) in [5, 5.41) is 0.532. The molecule has 0 saturated carbocycles. The fraction of sp³-hybridized carbons (Fsp3) is 0.125. The Balaban J connectivity index is 1.87. The Labute approximate surface area is 126 Å². The first-order chi connectivity index (χ1) is 10.6. The van der Waals surface area contributed by atoms with Crippen LogP contribution in [0.5, 0.6) is 0 Å². The van der Waals surface area contributed by atoms with Crippen LogP contribution in [0.25, 0.3) is 10.9 Å². The van der Waals surface area contributed by atoms with Crippen LogP contribution in [0.4, 0.5) is 0 Å². The van der Waals surface area contributed by atoms with Crippen LogP contribution >= 0.6 is 0 Å². The quantitative estimate of drug-likeness (QED) is 0.795. The van der Waals surface area contributed by atoms with E-state index >= 15 is 0 Å². The number of carbonyl (C=O) groups is 1. The van der Waals surface area contributed by atoms with Gasteiger partial charge in [0, 0.05) is 13.2 Å². The van der Waals surface area contributed by atoms with Crippen LogP contribution < -0.4 is 5.56 Å². The molecule has 1 N–H and O–H groups in total. The molecule has 0 fully saturated rings. The first-order valence-electron chi connectivity index (χ1n) is 6.79. The van der Waals surface area contributed by atoms with Crippen LogP contribution in [-0.2, 0) is 6.54 Å². The summed E-state index contributed by atoms with van der Waals surface area (Å²) < 4.78 is 0. The zero-order valence-electron chi connectivity index (χ0n) is 12.0. The number of para-hydroxylation sites is 1. The van der Waals surface area contributed by atoms with E-state index in [1.807, 2.05) is 6.07 Å². The van der Waals surface area contributed by atoms with Crippen molar-refractivity contribution in [3.8, 4) is 0 Å². The zero-order chi connectivity index (χ0) is 15.5. The number of rotatable bonds is 3. The van der Waals surface area contributed by atoms with Gasteiger partial charge in [0.15, 0.2) is 0 Å². The Morgan fingerprint density at radius 3 is 2.73 bits per heavy atom. The van der Waals surface area contributed by atoms with Gasteiger partial charge in [-0.3, -0.25) is 14.6 Å². The lowest BCUT2D eigenvalue weighted by Gasteiger charge is -2.16. The first-order valence-corrected chi connectivity index (χ1v) is 6.79. The van der Waals surface area contributed by atoms with Gasteiger partial charge in [-0.15, -0.1) is 0 Å². The second-order valence-corrected chi connectivity index (χ2v) is 4.91. The third-order valence-corrected chi connectivity index (χ3v) is 3.28. The second kappa shape index (κ2) is 5.77. The number of hydrogen-bond donors (Lipinski definition) is 1. The molecule has 1 aromatic carbocycles. The Bertz CT molecular complexity index is 874. The van der Waals surface area contributed by atoms with Crippen LogP contribution in [0.1, 0.15) is 16.3 Å². The first kappa shape index (κ1) is 13.9. The zero-order valence-corrected chi connectivity index (χ0v) is 12.0. The SMILES string of the molecule is CN(Cc1nc2ccccc2c(=O)[nH]1)C(=O)c1ccccn1. The minimum absolute atomic E-state index is 0.204. The summed E-state index contributed by atoms with van der Waals surface area (Å²) in [7, 11) is 1.65. The van der Waals surface area contributed by atoms with Gasteiger partial charge in [-0.1, -0.05) is 18.2 Å². The van der Waals surface area contributed by atoms with E-state index in [1.54, 1.807) is 49.6 Å². The van der Waals surface area contributed by atoms with Gasteiger partial charge in [0.25, 0.3) is 11.5 Å². The van der Waals surface area contributed by atoms with Crippen molar-refractivity contribution >= 4 is 16.8 Å². The topological polar surface area (TPSA) is 79.0 Å². The van der Waals surface area contributed by atoms with Crippen molar-refractivity contribution in [2.75, 3.05) is 7.05 Å². The van der Waals surface area contributed by atoms with Crippen molar-refractivity contribution in [2.45, 2.75) is 6.54 Å². The Morgan fingerprint density at radius 1 is 1.18 bits per heavy atom. The number of H-pyrrole nitrogens is 1. The highest BCUT2D eigenvalue weighted by Gasteiger charge is 2.14. The lowest BCUT2D eigenvalue weighted by Crippen LogP contribution is -2.29. The van der Waals surface area contributed by atoms with Gasteiger partial charge in [0.2, 0.25) is 0 Å². The standard InChI is InChI=1S/C16H14N4O2/c1-20(16(22)13-8-4-5-9-17-13)10-14-18-12-7-3-2-6-11(12)15(21)19-14/h2-9H,10H2,1H3,(H,18,19,21). The number of fused-ring (bicyclic) bond motifs is 1. The third-order valence-electron chi connectivity index (χ3n) is 3.28. The third kappa shape index (κ3) is 2.71. The number of nitrogens with one attached hydrogen (secondary N) is 1. The van der Waals surface area contributed by atoms with E-state index in [1.165, 1.54) is 4.90 Å². The molecule has 0 unspecified atom stereocenters. The fourth-order valence-corrected chi connectivity index (χ4v) is 2.19. The van der Waals surface area contributed by atoms with Crippen LogP contribution in [0, 0.1) is 0 Å². The molecule has 3 rings (SSSR count).